The number of aromatic nitrogens is 1. The summed E-state index contributed by atoms with van der Waals surface area (Å²) in [6, 6.07) is 23.5. The van der Waals surface area contributed by atoms with Crippen molar-refractivity contribution in [2.24, 2.45) is 16.2 Å². The van der Waals surface area contributed by atoms with Crippen molar-refractivity contribution in [3.8, 4) is 11.3 Å². The fourth-order valence-corrected chi connectivity index (χ4v) is 7.66. The van der Waals surface area contributed by atoms with Crippen LogP contribution in [0.5, 0.6) is 0 Å². The summed E-state index contributed by atoms with van der Waals surface area (Å²) in [5, 5.41) is 15.2. The molecule has 3 aromatic carbocycles. The van der Waals surface area contributed by atoms with E-state index in [9.17, 15) is 9.90 Å². The maximum absolute atomic E-state index is 12.2. The van der Waals surface area contributed by atoms with Crippen LogP contribution in [0.1, 0.15) is 120 Å². The van der Waals surface area contributed by atoms with Crippen LogP contribution in [0, 0.1) is 22.3 Å². The van der Waals surface area contributed by atoms with Crippen LogP contribution in [0.3, 0.4) is 0 Å². The van der Waals surface area contributed by atoms with Crippen molar-refractivity contribution in [3.05, 3.63) is 89.8 Å². The number of carbonyl (C=O) groups is 1. The molecule has 2 aromatic heterocycles. The average molecular weight is 869 g/mol. The average Bonchev–Trinajstić information content (AvgIpc) is 3.46. The second-order valence-electron chi connectivity index (χ2n) is 16.5. The molecule has 0 unspecified atom stereocenters. The normalized spacial score (nSPS) is 12.9. The number of nitrogens with zero attached hydrogens (tertiary/aromatic N) is 1. The molecule has 1 N–H and O–H groups in total. The molecule has 0 aliphatic heterocycles. The van der Waals surface area contributed by atoms with E-state index < -0.39 is 0 Å². The van der Waals surface area contributed by atoms with Crippen LogP contribution in [0.4, 0.5) is 0 Å². The molecule has 2 heterocycles. The van der Waals surface area contributed by atoms with E-state index in [1.54, 1.807) is 0 Å². The molecule has 5 heteroatoms. The van der Waals surface area contributed by atoms with Crippen molar-refractivity contribution in [3.63, 3.8) is 0 Å². The molecule has 3 nitrogen and oxygen atoms in total. The Labute approximate surface area is 319 Å². The van der Waals surface area contributed by atoms with Crippen LogP contribution < -0.4 is 0 Å². The van der Waals surface area contributed by atoms with E-state index in [-0.39, 0.29) is 53.3 Å². The first-order valence-electron chi connectivity index (χ1n) is 18.1. The molecule has 0 bridgehead atoms. The van der Waals surface area contributed by atoms with Gasteiger partial charge in [-0.15, -0.1) is 40.5 Å². The smallest absolute Gasteiger partial charge is 0.164 e. The van der Waals surface area contributed by atoms with Gasteiger partial charge in [-0.2, -0.15) is 0 Å². The van der Waals surface area contributed by atoms with Gasteiger partial charge in [-0.05, 0) is 60.0 Å². The summed E-state index contributed by atoms with van der Waals surface area (Å²) in [5.74, 6) is 0.286. The van der Waals surface area contributed by atoms with Crippen molar-refractivity contribution in [2.45, 2.75) is 121 Å². The molecule has 0 amide bonds. The van der Waals surface area contributed by atoms with Gasteiger partial charge in [0.2, 0.25) is 0 Å². The minimum absolute atomic E-state index is 0. The molecule has 0 fully saturated rings. The Morgan fingerprint density at radius 2 is 1.36 bits per heavy atom. The molecule has 1 radical (unpaired) electrons. The Bertz CT molecular complexity index is 1960. The number of allylic oxidation sites excluding steroid dienone is 2. The molecule has 0 saturated heterocycles. The standard InChI is InChI=1S/C30H30NS.C15H28O2.Ir/c1-29(2,3)18-20-11-9-13-23-24-14-15-31-26(28(24)32-27(20)23)21-16-19-10-7-8-12-22(19)25(17-21)30(4,5)6;1-7-14(5,8-2)12(16)11-13(17)15(6,9-3)10-4;/h7-15,17H,18H2,1-6H3;11,16H,7-10H2,1-6H3;/q-1;;/b;12-11-;. The van der Waals surface area contributed by atoms with Crippen molar-refractivity contribution in [1.82, 2.24) is 4.98 Å². The van der Waals surface area contributed by atoms with Crippen molar-refractivity contribution in [1.29, 1.82) is 0 Å². The molecule has 50 heavy (non-hydrogen) atoms. The monoisotopic (exact) mass is 869 g/mol. The molecular weight excluding hydrogens is 811 g/mol. The Morgan fingerprint density at radius 1 is 0.780 bits per heavy atom. The number of fused-ring (bicyclic) bond motifs is 4. The number of thiophene rings is 1. The predicted octanol–water partition coefficient (Wildman–Crippen LogP) is 13.6. The maximum atomic E-state index is 12.2. The molecule has 0 aliphatic rings. The molecule has 0 saturated carbocycles. The first-order chi connectivity index (χ1) is 22.9. The van der Waals surface area contributed by atoms with Gasteiger partial charge in [-0.1, -0.05) is 130 Å². The second kappa shape index (κ2) is 16.2. The molecule has 5 aromatic rings. The molecule has 0 spiro atoms. The largest absolute Gasteiger partial charge is 0.512 e. The van der Waals surface area contributed by atoms with Gasteiger partial charge in [-0.25, -0.2) is 0 Å². The SMILES string of the molecule is CC(C)(C)Cc1cccc2c1sc1c(-c3[c-]c4ccccc4c(C(C)(C)C)c3)nccc12.CCC(C)(CC)C(=O)/C=C(\O)C(C)(CC)CC.[Ir]. The summed E-state index contributed by atoms with van der Waals surface area (Å²) in [4.78, 5) is 17.1. The molecule has 0 aliphatic carbocycles. The van der Waals surface area contributed by atoms with Gasteiger partial charge in [-0.3, -0.25) is 9.78 Å². The number of carbonyl (C=O) groups excluding carboxylic acids is 1. The van der Waals surface area contributed by atoms with Gasteiger partial charge in [0, 0.05) is 63.7 Å². The summed E-state index contributed by atoms with van der Waals surface area (Å²) in [6.45, 7) is 25.9. The third-order valence-electron chi connectivity index (χ3n) is 10.7. The van der Waals surface area contributed by atoms with E-state index in [2.05, 4.69) is 102 Å². The fraction of sp³-hybridized carbons (Fsp3) is 0.467. The minimum atomic E-state index is -0.337. The third-order valence-corrected chi connectivity index (χ3v) is 12.0. The quantitative estimate of drug-likeness (QED) is 0.0912. The molecule has 5 rings (SSSR count). The molecular formula is C45H58IrNO2S-. The first kappa shape index (κ1) is 41.6. The van der Waals surface area contributed by atoms with Gasteiger partial charge in [0.1, 0.15) is 5.76 Å². The Morgan fingerprint density at radius 3 is 1.94 bits per heavy atom. The topological polar surface area (TPSA) is 50.2 Å². The maximum Gasteiger partial charge on any atom is 0.164 e. The zero-order chi connectivity index (χ0) is 36.4. The van der Waals surface area contributed by atoms with E-state index >= 15 is 0 Å². The van der Waals surface area contributed by atoms with Gasteiger partial charge >= 0.3 is 0 Å². The summed E-state index contributed by atoms with van der Waals surface area (Å²) >= 11 is 1.89. The first-order valence-corrected chi connectivity index (χ1v) is 18.9. The second-order valence-corrected chi connectivity index (χ2v) is 17.5. The number of rotatable bonds is 9. The van der Waals surface area contributed by atoms with E-state index in [1.165, 1.54) is 42.8 Å². The Balaban J connectivity index is 0.000000323. The summed E-state index contributed by atoms with van der Waals surface area (Å²) in [5.41, 5.74) is 4.59. The third kappa shape index (κ3) is 8.95. The Hall–Kier alpha value is -2.85. The molecule has 271 valence electrons. The van der Waals surface area contributed by atoms with Crippen molar-refractivity contribution in [2.75, 3.05) is 0 Å². The number of benzene rings is 3. The van der Waals surface area contributed by atoms with Gasteiger partial charge in [0.25, 0.3) is 0 Å². The van der Waals surface area contributed by atoms with E-state index in [0.717, 1.165) is 48.7 Å². The van der Waals surface area contributed by atoms with E-state index in [4.69, 9.17) is 4.98 Å². The minimum Gasteiger partial charge on any atom is -0.512 e. The van der Waals surface area contributed by atoms with Crippen molar-refractivity contribution >= 4 is 48.1 Å². The molecule has 0 atom stereocenters. The van der Waals surface area contributed by atoms with Gasteiger partial charge in [0.15, 0.2) is 5.78 Å². The fourth-order valence-electron chi connectivity index (χ4n) is 6.35. The number of ketones is 1. The summed E-state index contributed by atoms with van der Waals surface area (Å²) in [7, 11) is 0. The predicted molar refractivity (Wildman–Crippen MR) is 214 cm³/mol. The van der Waals surface area contributed by atoms with Gasteiger partial charge in [0.05, 0.1) is 0 Å². The zero-order valence-electron chi connectivity index (χ0n) is 32.4. The van der Waals surface area contributed by atoms with Crippen LogP contribution in [0.2, 0.25) is 0 Å². The van der Waals surface area contributed by atoms with Crippen molar-refractivity contribution < 1.29 is 30.0 Å². The number of hydrogen-bond donors (Lipinski definition) is 1. The van der Waals surface area contributed by atoms with Crippen LogP contribution in [-0.4, -0.2) is 15.9 Å². The number of pyridine rings is 1. The van der Waals surface area contributed by atoms with Crippen LogP contribution >= 0.6 is 11.3 Å². The zero-order valence-corrected chi connectivity index (χ0v) is 35.6. The van der Waals surface area contributed by atoms with E-state index in [1.807, 2.05) is 59.1 Å². The van der Waals surface area contributed by atoms with Crippen LogP contribution in [0.25, 0.3) is 42.2 Å². The van der Waals surface area contributed by atoms with Crippen LogP contribution in [-0.2, 0) is 36.7 Å². The van der Waals surface area contributed by atoms with Crippen LogP contribution in [0.15, 0.2) is 72.6 Å². The number of aliphatic hydroxyl groups excluding tert-OH is 1. The summed E-state index contributed by atoms with van der Waals surface area (Å²) < 4.78 is 2.65. The number of aliphatic hydroxyl groups is 1. The number of hydrogen-bond acceptors (Lipinski definition) is 4. The van der Waals surface area contributed by atoms with Gasteiger partial charge < -0.3 is 5.11 Å². The Kier molecular flexibility index (Phi) is 13.5. The van der Waals surface area contributed by atoms with E-state index in [0.29, 0.717) is 0 Å². The summed E-state index contributed by atoms with van der Waals surface area (Å²) in [6.07, 6.45) is 7.78.